The van der Waals surface area contributed by atoms with Crippen LogP contribution in [0.3, 0.4) is 0 Å². The number of para-hydroxylation sites is 1. The van der Waals surface area contributed by atoms with E-state index in [-0.39, 0.29) is 31.7 Å². The quantitative estimate of drug-likeness (QED) is 0.209. The van der Waals surface area contributed by atoms with Crippen molar-refractivity contribution in [2.45, 2.75) is 38.5 Å². The summed E-state index contributed by atoms with van der Waals surface area (Å²) in [4.78, 5) is 44.0. The van der Waals surface area contributed by atoms with Crippen molar-refractivity contribution < 1.29 is 23.9 Å². The van der Waals surface area contributed by atoms with Crippen molar-refractivity contribution in [3.63, 3.8) is 0 Å². The Kier molecular flexibility index (Phi) is 9.17. The number of nitrogens with zero attached hydrogens (tertiary/aromatic N) is 2. The molecule has 3 aromatic carbocycles. The maximum Gasteiger partial charge on any atom is 0.408 e. The maximum absolute atomic E-state index is 13.6. The lowest BCUT2D eigenvalue weighted by atomic mass is 9.90. The van der Waals surface area contributed by atoms with E-state index in [2.05, 4.69) is 22.3 Å². The molecule has 1 atom stereocenters. The Balaban J connectivity index is 1.23. The van der Waals surface area contributed by atoms with E-state index in [1.54, 1.807) is 12.3 Å². The van der Waals surface area contributed by atoms with E-state index >= 15 is 0 Å². The number of carbonyl (C=O) groups excluding carboxylic acids is 3. The summed E-state index contributed by atoms with van der Waals surface area (Å²) < 4.78 is 11.4. The zero-order chi connectivity index (χ0) is 30.2. The second-order valence-electron chi connectivity index (χ2n) is 10.4. The molecular weight excluding hydrogens is 564 g/mol. The predicted octanol–water partition coefficient (Wildman–Crippen LogP) is 5.90. The van der Waals surface area contributed by atoms with Gasteiger partial charge in [-0.05, 0) is 36.6 Å². The van der Waals surface area contributed by atoms with Crippen LogP contribution in [0.15, 0.2) is 102 Å². The summed E-state index contributed by atoms with van der Waals surface area (Å²) in [6, 6.07) is 26.6. The van der Waals surface area contributed by atoms with Crippen LogP contribution in [0.2, 0.25) is 0 Å². The summed E-state index contributed by atoms with van der Waals surface area (Å²) in [7, 11) is 0. The molecule has 1 saturated heterocycles. The monoisotopic (exact) mass is 596 g/mol. The smallest absolute Gasteiger partial charge is 0.408 e. The van der Waals surface area contributed by atoms with Crippen LogP contribution in [0.1, 0.15) is 41.4 Å². The molecule has 1 aliphatic heterocycles. The van der Waals surface area contributed by atoms with E-state index in [0.29, 0.717) is 22.9 Å². The number of benzene rings is 3. The fraction of sp³-hybridized carbons (Fsp3) is 0.212. The van der Waals surface area contributed by atoms with Gasteiger partial charge in [0.2, 0.25) is 0 Å². The molecule has 0 spiro atoms. The molecule has 1 fully saturated rings. The van der Waals surface area contributed by atoms with E-state index in [1.165, 1.54) is 16.3 Å². The van der Waals surface area contributed by atoms with Crippen molar-refractivity contribution in [1.82, 2.24) is 20.7 Å². The van der Waals surface area contributed by atoms with Crippen molar-refractivity contribution in [1.29, 1.82) is 0 Å². The number of nitrogens with one attached hydrogen (secondary N) is 2. The van der Waals surface area contributed by atoms with Gasteiger partial charge in [-0.1, -0.05) is 78.4 Å². The summed E-state index contributed by atoms with van der Waals surface area (Å²) in [5.74, 6) is -0.330. The molecule has 0 aliphatic carbocycles. The van der Waals surface area contributed by atoms with Crippen molar-refractivity contribution in [3.8, 4) is 16.3 Å². The first kappa shape index (κ1) is 29.5. The molecular formula is C33H32N4O5S. The molecule has 2 N–H and O–H groups in total. The largest absolute Gasteiger partial charge is 0.488 e. The highest BCUT2D eigenvalue weighted by molar-refractivity contribution is 7.13. The van der Waals surface area contributed by atoms with Gasteiger partial charge in [0.15, 0.2) is 0 Å². The Morgan fingerprint density at radius 3 is 2.33 bits per heavy atom. The van der Waals surface area contributed by atoms with Gasteiger partial charge in [-0.15, -0.1) is 17.9 Å². The number of hydrogen-bond acceptors (Lipinski definition) is 7. The lowest BCUT2D eigenvalue weighted by Gasteiger charge is -2.28. The van der Waals surface area contributed by atoms with Crippen molar-refractivity contribution in [2.24, 2.45) is 0 Å². The number of rotatable bonds is 11. The molecule has 0 bridgehead atoms. The van der Waals surface area contributed by atoms with Crippen LogP contribution < -0.4 is 15.5 Å². The fourth-order valence-corrected chi connectivity index (χ4v) is 5.69. The van der Waals surface area contributed by atoms with Crippen LogP contribution in [0.4, 0.5) is 4.79 Å². The number of hydrazine groups is 1. The first-order valence-corrected chi connectivity index (χ1v) is 14.7. The third-order valence-corrected chi connectivity index (χ3v) is 7.78. The van der Waals surface area contributed by atoms with Gasteiger partial charge < -0.3 is 14.8 Å². The van der Waals surface area contributed by atoms with Gasteiger partial charge >= 0.3 is 6.09 Å². The minimum absolute atomic E-state index is 0.0665. The van der Waals surface area contributed by atoms with E-state index in [4.69, 9.17) is 9.47 Å². The van der Waals surface area contributed by atoms with Gasteiger partial charge in [0.05, 0.1) is 5.56 Å². The summed E-state index contributed by atoms with van der Waals surface area (Å²) in [5.41, 5.74) is 4.88. The van der Waals surface area contributed by atoms with E-state index in [1.807, 2.05) is 84.9 Å². The zero-order valence-electron chi connectivity index (χ0n) is 23.7. The zero-order valence-corrected chi connectivity index (χ0v) is 24.6. The standard InChI is InChI=1S/C33H32N4O5S/c1-23(2)19-33(35-32(40)42-21-25-13-7-4-8-14-25)17-18-37(31(33)39)36-29(38)27-22-43-30(34-27)26-15-9-10-16-28(26)41-20-24-11-5-3-6-12-24/h3-16,22H,1,17-21H2,2H3,(H,35,40)(H,36,38)/t33-/m1/s1. The topological polar surface area (TPSA) is 110 Å². The van der Waals surface area contributed by atoms with Crippen LogP contribution in [0.25, 0.3) is 10.6 Å². The normalized spacial score (nSPS) is 16.0. The summed E-state index contributed by atoms with van der Waals surface area (Å²) in [6.07, 6.45) is -0.239. The van der Waals surface area contributed by atoms with Gasteiger partial charge in [-0.3, -0.25) is 20.0 Å². The van der Waals surface area contributed by atoms with Crippen LogP contribution in [0, 0.1) is 0 Å². The average molecular weight is 597 g/mol. The second-order valence-corrected chi connectivity index (χ2v) is 11.2. The Labute approximate surface area is 254 Å². The van der Waals surface area contributed by atoms with Crippen LogP contribution >= 0.6 is 11.3 Å². The molecule has 5 rings (SSSR count). The molecule has 220 valence electrons. The van der Waals surface area contributed by atoms with Gasteiger partial charge in [-0.2, -0.15) is 0 Å². The molecule has 1 aromatic heterocycles. The minimum atomic E-state index is -1.28. The van der Waals surface area contributed by atoms with E-state index < -0.39 is 23.4 Å². The van der Waals surface area contributed by atoms with Crippen molar-refractivity contribution >= 4 is 29.2 Å². The molecule has 3 amide bonds. The Hall–Kier alpha value is -4.96. The van der Waals surface area contributed by atoms with Gasteiger partial charge in [0, 0.05) is 18.3 Å². The van der Waals surface area contributed by atoms with Crippen LogP contribution in [-0.4, -0.2) is 40.0 Å². The molecule has 10 heteroatoms. The van der Waals surface area contributed by atoms with Crippen molar-refractivity contribution in [3.05, 3.63) is 119 Å². The average Bonchev–Trinajstić information content (AvgIpc) is 3.62. The molecule has 0 radical (unpaired) electrons. The third-order valence-electron chi connectivity index (χ3n) is 6.90. The van der Waals surface area contributed by atoms with Crippen molar-refractivity contribution in [2.75, 3.05) is 6.54 Å². The highest BCUT2D eigenvalue weighted by Gasteiger charge is 2.49. The number of carbonyl (C=O) groups is 3. The lowest BCUT2D eigenvalue weighted by molar-refractivity contribution is -0.135. The van der Waals surface area contributed by atoms with Gasteiger partial charge in [0.1, 0.15) is 35.2 Å². The molecule has 4 aromatic rings. The predicted molar refractivity (Wildman–Crippen MR) is 164 cm³/mol. The number of hydrogen-bond donors (Lipinski definition) is 2. The van der Waals surface area contributed by atoms with E-state index in [9.17, 15) is 14.4 Å². The highest BCUT2D eigenvalue weighted by Crippen LogP contribution is 2.33. The summed E-state index contributed by atoms with van der Waals surface area (Å²) in [5, 5.41) is 6.22. The Bertz CT molecular complexity index is 1610. The Morgan fingerprint density at radius 1 is 0.977 bits per heavy atom. The third kappa shape index (κ3) is 7.28. The minimum Gasteiger partial charge on any atom is -0.488 e. The molecule has 43 heavy (non-hydrogen) atoms. The second kappa shape index (κ2) is 13.3. The molecule has 9 nitrogen and oxygen atoms in total. The molecule has 0 unspecified atom stereocenters. The number of amides is 3. The summed E-state index contributed by atoms with van der Waals surface area (Å²) in [6.45, 7) is 6.38. The number of alkyl carbamates (subject to hydrolysis) is 1. The molecule has 1 aliphatic rings. The number of ether oxygens (including phenoxy) is 2. The highest BCUT2D eigenvalue weighted by atomic mass is 32.1. The first-order valence-electron chi connectivity index (χ1n) is 13.8. The van der Waals surface area contributed by atoms with Crippen LogP contribution in [0.5, 0.6) is 5.75 Å². The number of thiazole rings is 1. The summed E-state index contributed by atoms with van der Waals surface area (Å²) >= 11 is 1.31. The molecule has 0 saturated carbocycles. The van der Waals surface area contributed by atoms with Gasteiger partial charge in [-0.25, -0.2) is 9.78 Å². The maximum atomic E-state index is 13.6. The SMILES string of the molecule is C=C(C)C[C@]1(NC(=O)OCc2ccccc2)CCN(NC(=O)c2csc(-c3ccccc3OCc3ccccc3)n2)C1=O. The fourth-order valence-electron chi connectivity index (χ4n) is 4.86. The lowest BCUT2D eigenvalue weighted by Crippen LogP contribution is -2.56. The van der Waals surface area contributed by atoms with Gasteiger partial charge in [0.25, 0.3) is 11.8 Å². The number of aromatic nitrogens is 1. The Morgan fingerprint density at radius 2 is 1.63 bits per heavy atom. The first-order chi connectivity index (χ1) is 20.8. The van der Waals surface area contributed by atoms with Crippen LogP contribution in [-0.2, 0) is 22.7 Å². The van der Waals surface area contributed by atoms with E-state index in [0.717, 1.165) is 16.7 Å². The molecule has 2 heterocycles.